The van der Waals surface area contributed by atoms with E-state index in [1.54, 1.807) is 23.6 Å². The number of phenols is 1. The van der Waals surface area contributed by atoms with E-state index in [0.29, 0.717) is 10.4 Å². The van der Waals surface area contributed by atoms with Gasteiger partial charge in [0.25, 0.3) is 5.91 Å². The molecule has 0 aliphatic carbocycles. The molecule has 1 aliphatic heterocycles. The minimum absolute atomic E-state index is 0.0864. The minimum atomic E-state index is -4.64. The molecule has 32 heavy (non-hydrogen) atoms. The van der Waals surface area contributed by atoms with Crippen molar-refractivity contribution in [2.45, 2.75) is 12.3 Å². The Morgan fingerprint density at radius 1 is 1.19 bits per heavy atom. The van der Waals surface area contributed by atoms with Crippen LogP contribution >= 0.6 is 22.7 Å². The van der Waals surface area contributed by atoms with E-state index >= 15 is 0 Å². The molecule has 1 amide bonds. The summed E-state index contributed by atoms with van der Waals surface area (Å²) in [4.78, 5) is 18.1. The van der Waals surface area contributed by atoms with Gasteiger partial charge in [-0.1, -0.05) is 12.1 Å². The number of alkyl halides is 3. The smallest absolute Gasteiger partial charge is 0.417 e. The van der Waals surface area contributed by atoms with Gasteiger partial charge in [-0.15, -0.1) is 22.7 Å². The van der Waals surface area contributed by atoms with Crippen LogP contribution in [-0.2, 0) is 6.18 Å². The second-order valence-corrected chi connectivity index (χ2v) is 8.95. The number of hydrogen-bond acceptors (Lipinski definition) is 7. The number of fused-ring (bicyclic) bond motifs is 3. The predicted octanol–water partition coefficient (Wildman–Crippen LogP) is 5.61. The SMILES string of the molecule is COc1cc(C2NC(=O)c3sc4nc(-c5cccs5)cc(C(F)(F)F)c4c3N2)ccc1O. The number of thiophene rings is 2. The number of amides is 1. The molecule has 0 saturated carbocycles. The van der Waals surface area contributed by atoms with Gasteiger partial charge in [0.05, 0.1) is 28.9 Å². The van der Waals surface area contributed by atoms with Crippen LogP contribution in [0.3, 0.4) is 0 Å². The molecular weight excluding hydrogens is 463 g/mol. The molecule has 11 heteroatoms. The number of aromatic hydroxyl groups is 1. The van der Waals surface area contributed by atoms with E-state index in [0.717, 1.165) is 17.4 Å². The number of carbonyl (C=O) groups excluding carboxylic acids is 1. The van der Waals surface area contributed by atoms with Crippen molar-refractivity contribution in [1.29, 1.82) is 0 Å². The van der Waals surface area contributed by atoms with E-state index in [9.17, 15) is 23.1 Å². The van der Waals surface area contributed by atoms with Gasteiger partial charge >= 0.3 is 6.18 Å². The van der Waals surface area contributed by atoms with Crippen LogP contribution in [-0.4, -0.2) is 23.1 Å². The molecule has 3 aromatic heterocycles. The Hall–Kier alpha value is -3.31. The zero-order valence-electron chi connectivity index (χ0n) is 16.3. The molecule has 1 aromatic carbocycles. The maximum Gasteiger partial charge on any atom is 0.417 e. The van der Waals surface area contributed by atoms with E-state index in [1.807, 2.05) is 0 Å². The van der Waals surface area contributed by atoms with Crippen LogP contribution in [0.2, 0.25) is 0 Å². The molecule has 0 spiro atoms. The number of benzene rings is 1. The lowest BCUT2D eigenvalue weighted by Crippen LogP contribution is -2.37. The fourth-order valence-electron chi connectivity index (χ4n) is 3.59. The summed E-state index contributed by atoms with van der Waals surface area (Å²) in [5.41, 5.74) is -0.0515. The summed E-state index contributed by atoms with van der Waals surface area (Å²) in [7, 11) is 1.38. The number of phenolic OH excluding ortho intramolecular Hbond substituents is 1. The second-order valence-electron chi connectivity index (χ2n) is 7.00. The van der Waals surface area contributed by atoms with Crippen molar-refractivity contribution in [1.82, 2.24) is 10.3 Å². The fraction of sp³-hybridized carbons (Fsp3) is 0.143. The van der Waals surface area contributed by atoms with Crippen molar-refractivity contribution in [3.8, 4) is 22.1 Å². The second kappa shape index (κ2) is 7.38. The van der Waals surface area contributed by atoms with Crippen LogP contribution in [0.4, 0.5) is 18.9 Å². The molecule has 3 N–H and O–H groups in total. The number of methoxy groups -OCH3 is 1. The van der Waals surface area contributed by atoms with Crippen molar-refractivity contribution in [2.75, 3.05) is 12.4 Å². The third kappa shape index (κ3) is 3.33. The van der Waals surface area contributed by atoms with Gasteiger partial charge < -0.3 is 20.5 Å². The zero-order chi connectivity index (χ0) is 22.6. The Labute approximate surface area is 187 Å². The van der Waals surface area contributed by atoms with E-state index in [2.05, 4.69) is 15.6 Å². The number of hydrogen-bond donors (Lipinski definition) is 3. The maximum absolute atomic E-state index is 14.1. The molecule has 5 rings (SSSR count). The lowest BCUT2D eigenvalue weighted by Gasteiger charge is -2.27. The molecule has 0 fully saturated rings. The molecule has 0 saturated heterocycles. The molecule has 1 unspecified atom stereocenters. The normalized spacial score (nSPS) is 15.9. The first kappa shape index (κ1) is 20.6. The summed E-state index contributed by atoms with van der Waals surface area (Å²) in [6.07, 6.45) is -5.46. The average Bonchev–Trinajstić information content (AvgIpc) is 3.41. The minimum Gasteiger partial charge on any atom is -0.504 e. The van der Waals surface area contributed by atoms with Crippen molar-refractivity contribution in [3.63, 3.8) is 0 Å². The third-order valence-corrected chi connectivity index (χ3v) is 7.02. The Balaban J connectivity index is 1.68. The van der Waals surface area contributed by atoms with Gasteiger partial charge in [0, 0.05) is 5.39 Å². The summed E-state index contributed by atoms with van der Waals surface area (Å²) in [6.45, 7) is 0. The lowest BCUT2D eigenvalue weighted by molar-refractivity contribution is -0.136. The number of nitrogens with zero attached hydrogens (tertiary/aromatic N) is 1. The number of carbonyl (C=O) groups is 1. The molecule has 4 aromatic rings. The predicted molar refractivity (Wildman–Crippen MR) is 116 cm³/mol. The highest BCUT2D eigenvalue weighted by atomic mass is 32.1. The van der Waals surface area contributed by atoms with Gasteiger partial charge in [0.15, 0.2) is 11.5 Å². The molecule has 0 radical (unpaired) electrons. The van der Waals surface area contributed by atoms with Gasteiger partial charge in [-0.25, -0.2) is 4.98 Å². The topological polar surface area (TPSA) is 83.5 Å². The molecule has 1 aliphatic rings. The highest BCUT2D eigenvalue weighted by Crippen LogP contribution is 2.47. The van der Waals surface area contributed by atoms with Crippen LogP contribution in [0.15, 0.2) is 41.8 Å². The largest absolute Gasteiger partial charge is 0.504 e. The van der Waals surface area contributed by atoms with Gasteiger partial charge in [0.2, 0.25) is 0 Å². The number of aromatic nitrogens is 1. The summed E-state index contributed by atoms with van der Waals surface area (Å²) >= 11 is 2.20. The van der Waals surface area contributed by atoms with E-state index in [4.69, 9.17) is 4.74 Å². The number of nitrogens with one attached hydrogen (secondary N) is 2. The van der Waals surface area contributed by atoms with Crippen LogP contribution in [0.25, 0.3) is 20.8 Å². The van der Waals surface area contributed by atoms with Gasteiger partial charge in [-0.2, -0.15) is 13.2 Å². The standard InChI is InChI=1S/C21H14F3N3O3S2/c1-30-13-7-9(4-5-12(13)28)18-26-16-15-10(21(22,23)24)8-11(14-3-2-6-31-14)25-20(15)32-17(16)19(29)27-18/h2-8,18,26,28H,1H3,(H,27,29). The first-order chi connectivity index (χ1) is 15.3. The van der Waals surface area contributed by atoms with Crippen LogP contribution in [0.1, 0.15) is 27.0 Å². The number of halogens is 3. The van der Waals surface area contributed by atoms with Crippen molar-refractivity contribution >= 4 is 44.5 Å². The van der Waals surface area contributed by atoms with E-state index < -0.39 is 23.8 Å². The summed E-state index contributed by atoms with van der Waals surface area (Å²) in [6, 6.07) is 8.90. The summed E-state index contributed by atoms with van der Waals surface area (Å²) in [5.74, 6) is -0.424. The monoisotopic (exact) mass is 477 g/mol. The highest BCUT2D eigenvalue weighted by molar-refractivity contribution is 7.21. The average molecular weight is 477 g/mol. The van der Waals surface area contributed by atoms with Gasteiger partial charge in [-0.05, 0) is 35.2 Å². The van der Waals surface area contributed by atoms with Crippen molar-refractivity contribution in [2.24, 2.45) is 0 Å². The van der Waals surface area contributed by atoms with E-state index in [1.165, 1.54) is 30.6 Å². The number of pyridine rings is 1. The fourth-order valence-corrected chi connectivity index (χ4v) is 5.34. The first-order valence-electron chi connectivity index (χ1n) is 9.29. The number of ether oxygens (including phenoxy) is 1. The number of anilines is 1. The van der Waals surface area contributed by atoms with Crippen LogP contribution in [0.5, 0.6) is 11.5 Å². The van der Waals surface area contributed by atoms with Crippen LogP contribution in [0, 0.1) is 0 Å². The molecule has 6 nitrogen and oxygen atoms in total. The van der Waals surface area contributed by atoms with Crippen LogP contribution < -0.4 is 15.4 Å². The zero-order valence-corrected chi connectivity index (χ0v) is 17.9. The van der Waals surface area contributed by atoms with Gasteiger partial charge in [0.1, 0.15) is 15.9 Å². The Bertz CT molecular complexity index is 1350. The Kier molecular flexibility index (Phi) is 4.75. The Morgan fingerprint density at radius 3 is 2.69 bits per heavy atom. The molecule has 1 atom stereocenters. The summed E-state index contributed by atoms with van der Waals surface area (Å²) in [5, 5.41) is 17.2. The molecule has 0 bridgehead atoms. The highest BCUT2D eigenvalue weighted by Gasteiger charge is 2.38. The van der Waals surface area contributed by atoms with E-state index in [-0.39, 0.29) is 38.0 Å². The maximum atomic E-state index is 14.1. The lowest BCUT2D eigenvalue weighted by atomic mass is 10.1. The quantitative estimate of drug-likeness (QED) is 0.357. The third-order valence-electron chi connectivity index (χ3n) is 5.05. The Morgan fingerprint density at radius 2 is 2.00 bits per heavy atom. The van der Waals surface area contributed by atoms with Crippen molar-refractivity contribution < 1.29 is 27.8 Å². The molecule has 164 valence electrons. The molecule has 4 heterocycles. The first-order valence-corrected chi connectivity index (χ1v) is 11.0. The van der Waals surface area contributed by atoms with Gasteiger partial charge in [-0.3, -0.25) is 4.79 Å². The molecular formula is C21H14F3N3O3S2. The summed E-state index contributed by atoms with van der Waals surface area (Å²) < 4.78 is 47.3. The number of rotatable bonds is 3. The van der Waals surface area contributed by atoms with Crippen molar-refractivity contribution in [3.05, 3.63) is 57.8 Å².